The second kappa shape index (κ2) is 7.99. The predicted octanol–water partition coefficient (Wildman–Crippen LogP) is 4.28. The highest BCUT2D eigenvalue weighted by molar-refractivity contribution is 7.98. The standard InChI is InChI=1S/C19H18Cl2N2O3S/c20-12-6-14-15(7-13(12)21)23(18-8-16(25)17(9-24)26-18)19(22-14)27-10-11-4-2-1-3-5-11/h1-7,16-18,24-25H,8-10H2/t16-,17+,18+/m0/s1. The van der Waals surface area contributed by atoms with E-state index in [1.165, 1.54) is 5.56 Å². The molecular weight excluding hydrogens is 407 g/mol. The summed E-state index contributed by atoms with van der Waals surface area (Å²) >= 11 is 14.0. The minimum absolute atomic E-state index is 0.233. The van der Waals surface area contributed by atoms with E-state index in [-0.39, 0.29) is 6.61 Å². The Kier molecular flexibility index (Phi) is 5.64. The Balaban J connectivity index is 1.73. The summed E-state index contributed by atoms with van der Waals surface area (Å²) in [4.78, 5) is 4.71. The van der Waals surface area contributed by atoms with Gasteiger partial charge in [0.1, 0.15) is 12.3 Å². The first kappa shape index (κ1) is 19.1. The Morgan fingerprint density at radius 1 is 1.19 bits per heavy atom. The number of benzene rings is 2. The fourth-order valence-electron chi connectivity index (χ4n) is 3.21. The maximum Gasteiger partial charge on any atom is 0.171 e. The number of imidazole rings is 1. The lowest BCUT2D eigenvalue weighted by atomic mass is 10.2. The first-order valence-electron chi connectivity index (χ1n) is 8.55. The van der Waals surface area contributed by atoms with E-state index in [1.807, 2.05) is 22.8 Å². The molecule has 1 fully saturated rings. The summed E-state index contributed by atoms with van der Waals surface area (Å²) in [6, 6.07) is 13.6. The van der Waals surface area contributed by atoms with Gasteiger partial charge >= 0.3 is 0 Å². The Bertz CT molecular complexity index is 951. The average Bonchev–Trinajstić information content (AvgIpc) is 3.20. The van der Waals surface area contributed by atoms with Crippen LogP contribution in [0.15, 0.2) is 47.6 Å². The Morgan fingerprint density at radius 2 is 1.93 bits per heavy atom. The van der Waals surface area contributed by atoms with Crippen LogP contribution in [-0.4, -0.2) is 38.6 Å². The van der Waals surface area contributed by atoms with Gasteiger partial charge in [-0.05, 0) is 17.7 Å². The van der Waals surface area contributed by atoms with Gasteiger partial charge in [0.15, 0.2) is 5.16 Å². The smallest absolute Gasteiger partial charge is 0.171 e. The first-order valence-corrected chi connectivity index (χ1v) is 10.3. The van der Waals surface area contributed by atoms with Gasteiger partial charge in [-0.3, -0.25) is 4.57 Å². The Labute approximate surface area is 170 Å². The van der Waals surface area contributed by atoms with Gasteiger partial charge in [-0.1, -0.05) is 65.3 Å². The molecule has 4 rings (SSSR count). The SMILES string of the molecule is OC[C@H]1O[C@@H](n2c(SCc3ccccc3)nc3cc(Cl)c(Cl)cc32)C[C@@H]1O. The van der Waals surface area contributed by atoms with Crippen LogP contribution in [0.3, 0.4) is 0 Å². The number of aromatic nitrogens is 2. The number of hydrogen-bond acceptors (Lipinski definition) is 5. The van der Waals surface area contributed by atoms with Crippen LogP contribution in [0.1, 0.15) is 18.2 Å². The summed E-state index contributed by atoms with van der Waals surface area (Å²) in [5.41, 5.74) is 2.68. The van der Waals surface area contributed by atoms with Crippen LogP contribution in [0.5, 0.6) is 0 Å². The number of aliphatic hydroxyl groups excluding tert-OH is 2. The first-order chi connectivity index (χ1) is 13.1. The van der Waals surface area contributed by atoms with Crippen LogP contribution in [-0.2, 0) is 10.5 Å². The Hall–Kier alpha value is -1.28. The third-order valence-electron chi connectivity index (χ3n) is 4.58. The van der Waals surface area contributed by atoms with Gasteiger partial charge in [0, 0.05) is 12.2 Å². The Morgan fingerprint density at radius 3 is 2.63 bits per heavy atom. The molecule has 0 amide bonds. The number of aliphatic hydroxyl groups is 2. The van der Waals surface area contributed by atoms with Gasteiger partial charge < -0.3 is 14.9 Å². The maximum atomic E-state index is 10.2. The molecule has 0 unspecified atom stereocenters. The molecule has 0 saturated carbocycles. The molecule has 0 bridgehead atoms. The maximum absolute atomic E-state index is 10.2. The van der Waals surface area contributed by atoms with E-state index in [4.69, 9.17) is 32.9 Å². The molecule has 2 heterocycles. The topological polar surface area (TPSA) is 67.5 Å². The quantitative estimate of drug-likeness (QED) is 0.598. The number of fused-ring (bicyclic) bond motifs is 1. The fourth-order valence-corrected chi connectivity index (χ4v) is 4.53. The molecule has 0 radical (unpaired) electrons. The summed E-state index contributed by atoms with van der Waals surface area (Å²) in [5.74, 6) is 0.740. The molecule has 1 saturated heterocycles. The van der Waals surface area contributed by atoms with E-state index < -0.39 is 18.4 Å². The summed E-state index contributed by atoms with van der Waals surface area (Å²) in [6.45, 7) is -0.233. The molecule has 3 atom stereocenters. The lowest BCUT2D eigenvalue weighted by molar-refractivity contribution is -0.0456. The highest BCUT2D eigenvalue weighted by Crippen LogP contribution is 2.38. The molecule has 0 aliphatic carbocycles. The predicted molar refractivity (Wildman–Crippen MR) is 107 cm³/mol. The van der Waals surface area contributed by atoms with E-state index in [9.17, 15) is 10.2 Å². The van der Waals surface area contributed by atoms with Crippen LogP contribution in [0, 0.1) is 0 Å². The van der Waals surface area contributed by atoms with Crippen molar-refractivity contribution in [3.05, 3.63) is 58.1 Å². The van der Waals surface area contributed by atoms with Crippen molar-refractivity contribution in [2.45, 2.75) is 35.8 Å². The number of nitrogens with zero attached hydrogens (tertiary/aromatic N) is 2. The molecule has 8 heteroatoms. The average molecular weight is 425 g/mol. The van der Waals surface area contributed by atoms with Crippen molar-refractivity contribution in [1.82, 2.24) is 9.55 Å². The van der Waals surface area contributed by atoms with Gasteiger partial charge in [0.25, 0.3) is 0 Å². The fraction of sp³-hybridized carbons (Fsp3) is 0.316. The lowest BCUT2D eigenvalue weighted by Gasteiger charge is -2.17. The number of ether oxygens (including phenoxy) is 1. The van der Waals surface area contributed by atoms with Crippen LogP contribution in [0.2, 0.25) is 10.0 Å². The summed E-state index contributed by atoms with van der Waals surface area (Å²) in [7, 11) is 0. The molecule has 1 aliphatic rings. The highest BCUT2D eigenvalue weighted by atomic mass is 35.5. The summed E-state index contributed by atoms with van der Waals surface area (Å²) in [6.07, 6.45) is -1.40. The number of rotatable bonds is 5. The molecule has 1 aromatic heterocycles. The van der Waals surface area contributed by atoms with E-state index in [0.717, 1.165) is 16.4 Å². The second-order valence-corrected chi connectivity index (χ2v) is 8.17. The van der Waals surface area contributed by atoms with Gasteiger partial charge in [-0.15, -0.1) is 0 Å². The molecule has 2 aromatic carbocycles. The van der Waals surface area contributed by atoms with E-state index >= 15 is 0 Å². The van der Waals surface area contributed by atoms with Gasteiger partial charge in [0.2, 0.25) is 0 Å². The van der Waals surface area contributed by atoms with Crippen molar-refractivity contribution in [3.8, 4) is 0 Å². The van der Waals surface area contributed by atoms with Gasteiger partial charge in [0.05, 0.1) is 33.8 Å². The molecule has 2 N–H and O–H groups in total. The lowest BCUT2D eigenvalue weighted by Crippen LogP contribution is -2.24. The largest absolute Gasteiger partial charge is 0.394 e. The minimum Gasteiger partial charge on any atom is -0.394 e. The normalized spacial score (nSPS) is 22.6. The molecule has 27 heavy (non-hydrogen) atoms. The second-order valence-electron chi connectivity index (χ2n) is 6.41. The van der Waals surface area contributed by atoms with Crippen molar-refractivity contribution in [1.29, 1.82) is 0 Å². The van der Waals surface area contributed by atoms with Crippen LogP contribution in [0.4, 0.5) is 0 Å². The summed E-state index contributed by atoms with van der Waals surface area (Å²) < 4.78 is 7.81. The van der Waals surface area contributed by atoms with Crippen LogP contribution < -0.4 is 0 Å². The summed E-state index contributed by atoms with van der Waals surface area (Å²) in [5, 5.41) is 21.2. The zero-order chi connectivity index (χ0) is 19.0. The van der Waals surface area contributed by atoms with Crippen LogP contribution in [0.25, 0.3) is 11.0 Å². The third-order valence-corrected chi connectivity index (χ3v) is 6.33. The number of hydrogen-bond donors (Lipinski definition) is 2. The zero-order valence-corrected chi connectivity index (χ0v) is 16.6. The van der Waals surface area contributed by atoms with E-state index in [2.05, 4.69) is 12.1 Å². The molecular formula is C19H18Cl2N2O3S. The van der Waals surface area contributed by atoms with Crippen LogP contribution >= 0.6 is 35.0 Å². The van der Waals surface area contributed by atoms with Crippen molar-refractivity contribution in [3.63, 3.8) is 0 Å². The molecule has 1 aliphatic heterocycles. The molecule has 0 spiro atoms. The molecule has 142 valence electrons. The van der Waals surface area contributed by atoms with E-state index in [1.54, 1.807) is 23.9 Å². The van der Waals surface area contributed by atoms with Gasteiger partial charge in [-0.25, -0.2) is 4.98 Å². The zero-order valence-electron chi connectivity index (χ0n) is 14.3. The van der Waals surface area contributed by atoms with E-state index in [0.29, 0.717) is 22.0 Å². The monoisotopic (exact) mass is 424 g/mol. The highest BCUT2D eigenvalue weighted by Gasteiger charge is 2.36. The molecule has 5 nitrogen and oxygen atoms in total. The minimum atomic E-state index is -0.729. The van der Waals surface area contributed by atoms with Crippen molar-refractivity contribution < 1.29 is 14.9 Å². The number of halogens is 2. The van der Waals surface area contributed by atoms with Crippen molar-refractivity contribution in [2.24, 2.45) is 0 Å². The van der Waals surface area contributed by atoms with Crippen molar-refractivity contribution in [2.75, 3.05) is 6.61 Å². The third kappa shape index (κ3) is 3.83. The number of thioether (sulfide) groups is 1. The van der Waals surface area contributed by atoms with Gasteiger partial charge in [-0.2, -0.15) is 0 Å². The molecule has 3 aromatic rings. The van der Waals surface area contributed by atoms with Crippen molar-refractivity contribution >= 4 is 46.0 Å².